The van der Waals surface area contributed by atoms with Crippen LogP contribution < -0.4 is 16.4 Å². The molecular weight excluding hydrogens is 444 g/mol. The van der Waals surface area contributed by atoms with E-state index in [0.29, 0.717) is 18.4 Å². The van der Waals surface area contributed by atoms with Crippen molar-refractivity contribution in [3.63, 3.8) is 0 Å². The highest BCUT2D eigenvalue weighted by Gasteiger charge is 2.38. The minimum absolute atomic E-state index is 0.0148. The quantitative estimate of drug-likeness (QED) is 0.242. The average molecular weight is 479 g/mol. The van der Waals surface area contributed by atoms with Gasteiger partial charge in [0.2, 0.25) is 17.7 Å². The summed E-state index contributed by atoms with van der Waals surface area (Å²) in [7, 11) is 0. The summed E-state index contributed by atoms with van der Waals surface area (Å²) >= 11 is 0. The normalized spacial score (nSPS) is 18.3. The van der Waals surface area contributed by atoms with Crippen molar-refractivity contribution in [2.45, 2.75) is 63.7 Å². The number of nitrogens with two attached hydrogens (primary N) is 1. The Morgan fingerprint density at radius 1 is 1.09 bits per heavy atom. The van der Waals surface area contributed by atoms with Crippen molar-refractivity contribution in [1.29, 1.82) is 0 Å². The summed E-state index contributed by atoms with van der Waals surface area (Å²) in [5.74, 6) is -2.94. The molecule has 3 amide bonds. The van der Waals surface area contributed by atoms with Crippen molar-refractivity contribution in [3.05, 3.63) is 29.8 Å². The van der Waals surface area contributed by atoms with E-state index in [2.05, 4.69) is 10.6 Å². The first-order chi connectivity index (χ1) is 16.0. The number of carboxylic acid groups (broad SMARTS) is 1. The predicted molar refractivity (Wildman–Crippen MR) is 123 cm³/mol. The van der Waals surface area contributed by atoms with Gasteiger partial charge >= 0.3 is 5.97 Å². The molecule has 1 aromatic rings. The summed E-state index contributed by atoms with van der Waals surface area (Å²) in [6.07, 6.45) is 1.31. The van der Waals surface area contributed by atoms with Crippen molar-refractivity contribution in [2.75, 3.05) is 13.2 Å². The summed E-state index contributed by atoms with van der Waals surface area (Å²) < 4.78 is 0. The van der Waals surface area contributed by atoms with Crippen LogP contribution in [-0.4, -0.2) is 81.2 Å². The molecule has 0 unspecified atom stereocenters. The van der Waals surface area contributed by atoms with Crippen LogP contribution in [0.15, 0.2) is 24.3 Å². The monoisotopic (exact) mass is 478 g/mol. The first-order valence-corrected chi connectivity index (χ1v) is 11.3. The minimum Gasteiger partial charge on any atom is -0.508 e. The van der Waals surface area contributed by atoms with Crippen LogP contribution >= 0.6 is 0 Å². The van der Waals surface area contributed by atoms with Crippen LogP contribution in [0.5, 0.6) is 5.75 Å². The highest BCUT2D eigenvalue weighted by molar-refractivity contribution is 5.94. The molecule has 1 aliphatic heterocycles. The Kier molecular flexibility index (Phi) is 9.82. The SMILES string of the molecule is CC(C)C[C@H](NC(=O)[C@H](CO)NC(=O)[C@@H](N)Cc1ccc(O)cc1)C(=O)N1CCC[C@H]1C(=O)O. The van der Waals surface area contributed by atoms with E-state index >= 15 is 0 Å². The number of nitrogens with zero attached hydrogens (tertiary/aromatic N) is 1. The molecule has 0 spiro atoms. The van der Waals surface area contributed by atoms with Gasteiger partial charge in [-0.3, -0.25) is 14.4 Å². The van der Waals surface area contributed by atoms with Crippen LogP contribution in [0.2, 0.25) is 0 Å². The van der Waals surface area contributed by atoms with Crippen LogP contribution in [0, 0.1) is 5.92 Å². The van der Waals surface area contributed by atoms with Crippen molar-refractivity contribution < 1.29 is 34.5 Å². The van der Waals surface area contributed by atoms with Crippen molar-refractivity contribution in [1.82, 2.24) is 15.5 Å². The number of aliphatic hydroxyl groups excluding tert-OH is 1. The number of benzene rings is 1. The summed E-state index contributed by atoms with van der Waals surface area (Å²) in [5.41, 5.74) is 6.63. The van der Waals surface area contributed by atoms with E-state index in [9.17, 15) is 34.5 Å². The van der Waals surface area contributed by atoms with Crippen molar-refractivity contribution >= 4 is 23.7 Å². The maximum atomic E-state index is 13.1. The largest absolute Gasteiger partial charge is 0.508 e. The van der Waals surface area contributed by atoms with Crippen molar-refractivity contribution in [3.8, 4) is 5.75 Å². The lowest BCUT2D eigenvalue weighted by atomic mass is 10.0. The molecule has 0 bridgehead atoms. The number of nitrogens with one attached hydrogen (secondary N) is 2. The van der Waals surface area contributed by atoms with Crippen LogP contribution in [0.1, 0.15) is 38.7 Å². The first-order valence-electron chi connectivity index (χ1n) is 11.3. The van der Waals surface area contributed by atoms with Gasteiger partial charge in [0, 0.05) is 6.54 Å². The molecule has 0 saturated carbocycles. The Morgan fingerprint density at radius 3 is 2.26 bits per heavy atom. The molecule has 0 aromatic heterocycles. The molecule has 1 heterocycles. The molecule has 34 heavy (non-hydrogen) atoms. The lowest BCUT2D eigenvalue weighted by Crippen LogP contribution is -2.58. The molecule has 1 aromatic carbocycles. The number of phenolic OH excluding ortho intramolecular Hbond substituents is 1. The van der Waals surface area contributed by atoms with Gasteiger partial charge in [-0.1, -0.05) is 26.0 Å². The van der Waals surface area contributed by atoms with E-state index in [1.54, 1.807) is 12.1 Å². The second kappa shape index (κ2) is 12.3. The third-order valence-corrected chi connectivity index (χ3v) is 5.69. The zero-order chi connectivity index (χ0) is 25.4. The van der Waals surface area contributed by atoms with Crippen LogP contribution in [-0.2, 0) is 25.6 Å². The first kappa shape index (κ1) is 27.1. The van der Waals surface area contributed by atoms with Gasteiger partial charge in [-0.05, 0) is 49.3 Å². The summed E-state index contributed by atoms with van der Waals surface area (Å²) in [4.78, 5) is 51.1. The Bertz CT molecular complexity index is 875. The lowest BCUT2D eigenvalue weighted by molar-refractivity contribution is -0.149. The van der Waals surface area contributed by atoms with Gasteiger partial charge in [0.15, 0.2) is 0 Å². The number of carbonyl (C=O) groups excluding carboxylic acids is 3. The lowest BCUT2D eigenvalue weighted by Gasteiger charge is -2.29. The number of hydrogen-bond acceptors (Lipinski definition) is 7. The van der Waals surface area contributed by atoms with Crippen LogP contribution in [0.25, 0.3) is 0 Å². The van der Waals surface area contributed by atoms with E-state index in [0.717, 1.165) is 0 Å². The van der Waals surface area contributed by atoms with E-state index in [4.69, 9.17) is 5.73 Å². The molecular formula is C23H34N4O7. The number of likely N-dealkylation sites (tertiary alicyclic amines) is 1. The van der Waals surface area contributed by atoms with Gasteiger partial charge in [-0.25, -0.2) is 4.79 Å². The second-order valence-electron chi connectivity index (χ2n) is 8.94. The molecule has 1 fully saturated rings. The zero-order valence-corrected chi connectivity index (χ0v) is 19.4. The Hall–Kier alpha value is -3.18. The maximum Gasteiger partial charge on any atom is 0.326 e. The number of amides is 3. The number of aliphatic carboxylic acids is 1. The van der Waals surface area contributed by atoms with E-state index in [-0.39, 0.29) is 31.1 Å². The van der Waals surface area contributed by atoms with Gasteiger partial charge in [0.1, 0.15) is 23.9 Å². The standard InChI is InChI=1S/C23H34N4O7/c1-13(2)10-17(22(32)27-9-3-4-19(27)23(33)34)25-21(31)18(12-28)26-20(30)16(24)11-14-5-7-15(29)8-6-14/h5-8,13,16-19,28-29H,3-4,9-12,24H2,1-2H3,(H,25,31)(H,26,30)(H,33,34)/t16-,17-,18-,19-/m0/s1. The predicted octanol–water partition coefficient (Wildman–Crippen LogP) is -0.654. The summed E-state index contributed by atoms with van der Waals surface area (Å²) in [6, 6.07) is 1.87. The highest BCUT2D eigenvalue weighted by atomic mass is 16.4. The van der Waals surface area contributed by atoms with Gasteiger partial charge in [-0.15, -0.1) is 0 Å². The van der Waals surface area contributed by atoms with Gasteiger partial charge in [-0.2, -0.15) is 0 Å². The smallest absolute Gasteiger partial charge is 0.326 e. The number of aliphatic hydroxyl groups is 1. The number of carbonyl (C=O) groups is 4. The third-order valence-electron chi connectivity index (χ3n) is 5.69. The number of aromatic hydroxyl groups is 1. The van der Waals surface area contributed by atoms with E-state index in [1.807, 2.05) is 13.8 Å². The Morgan fingerprint density at radius 2 is 1.71 bits per heavy atom. The van der Waals surface area contributed by atoms with Gasteiger partial charge in [0.05, 0.1) is 12.6 Å². The summed E-state index contributed by atoms with van der Waals surface area (Å²) in [6.45, 7) is 3.29. The average Bonchev–Trinajstić information content (AvgIpc) is 3.27. The van der Waals surface area contributed by atoms with Gasteiger partial charge < -0.3 is 36.6 Å². The molecule has 0 radical (unpaired) electrons. The van der Waals surface area contributed by atoms with E-state index < -0.39 is 54.5 Å². The third kappa shape index (κ3) is 7.42. The fourth-order valence-electron chi connectivity index (χ4n) is 3.90. The van der Waals surface area contributed by atoms with Crippen LogP contribution in [0.4, 0.5) is 0 Å². The Balaban J connectivity index is 2.03. The summed E-state index contributed by atoms with van der Waals surface area (Å²) in [5, 5.41) is 33.4. The molecule has 1 aliphatic rings. The fraction of sp³-hybridized carbons (Fsp3) is 0.565. The molecule has 188 valence electrons. The number of rotatable bonds is 11. The molecule has 1 saturated heterocycles. The van der Waals surface area contributed by atoms with E-state index in [1.165, 1.54) is 17.0 Å². The van der Waals surface area contributed by atoms with Crippen molar-refractivity contribution in [2.24, 2.45) is 11.7 Å². The fourth-order valence-corrected chi connectivity index (χ4v) is 3.90. The molecule has 11 nitrogen and oxygen atoms in total. The number of hydrogen-bond donors (Lipinski definition) is 6. The topological polar surface area (TPSA) is 182 Å². The minimum atomic E-state index is -1.34. The molecule has 11 heteroatoms. The number of phenols is 1. The highest BCUT2D eigenvalue weighted by Crippen LogP contribution is 2.20. The van der Waals surface area contributed by atoms with Crippen LogP contribution in [0.3, 0.4) is 0 Å². The number of carboxylic acids is 1. The molecule has 7 N–H and O–H groups in total. The molecule has 4 atom stereocenters. The Labute approximate surface area is 198 Å². The second-order valence-corrected chi connectivity index (χ2v) is 8.94. The molecule has 2 rings (SSSR count). The maximum absolute atomic E-state index is 13.1. The van der Waals surface area contributed by atoms with Gasteiger partial charge in [0.25, 0.3) is 0 Å². The zero-order valence-electron chi connectivity index (χ0n) is 19.4. The molecule has 0 aliphatic carbocycles.